The molecule has 0 spiro atoms. The Balaban J connectivity index is 2.33. The molecule has 1 aromatic heterocycles. The Hall–Kier alpha value is -1.43. The summed E-state index contributed by atoms with van der Waals surface area (Å²) >= 11 is 3.33. The molecular weight excluding hydrogens is 312 g/mol. The van der Waals surface area contributed by atoms with Gasteiger partial charge in [0.2, 0.25) is 5.88 Å². The number of amides is 2. The highest BCUT2D eigenvalue weighted by molar-refractivity contribution is 9.09. The van der Waals surface area contributed by atoms with Crippen molar-refractivity contribution in [1.29, 1.82) is 0 Å². The molecule has 0 saturated carbocycles. The Morgan fingerprint density at radius 3 is 2.68 bits per heavy atom. The van der Waals surface area contributed by atoms with Gasteiger partial charge in [0.25, 0.3) is 11.8 Å². The van der Waals surface area contributed by atoms with Crippen LogP contribution >= 0.6 is 15.9 Å². The number of fused-ring (bicyclic) bond motifs is 1. The van der Waals surface area contributed by atoms with Crippen LogP contribution in [0.2, 0.25) is 0 Å². The normalized spacial score (nSPS) is 13.9. The fourth-order valence-corrected chi connectivity index (χ4v) is 2.50. The van der Waals surface area contributed by atoms with Crippen LogP contribution in [-0.2, 0) is 0 Å². The summed E-state index contributed by atoms with van der Waals surface area (Å²) in [6, 6.07) is 1.64. The van der Waals surface area contributed by atoms with Gasteiger partial charge in [-0.1, -0.05) is 15.9 Å². The zero-order valence-electron chi connectivity index (χ0n) is 10.9. The summed E-state index contributed by atoms with van der Waals surface area (Å²) in [5.41, 5.74) is 1.35. The number of unbranched alkanes of at least 4 members (excludes halogenated alkanes) is 1. The summed E-state index contributed by atoms with van der Waals surface area (Å²) in [7, 11) is 1.45. The number of ether oxygens (including phenoxy) is 1. The second-order valence-electron chi connectivity index (χ2n) is 4.35. The van der Waals surface area contributed by atoms with Crippen LogP contribution in [0.15, 0.2) is 6.07 Å². The predicted molar refractivity (Wildman–Crippen MR) is 73.9 cm³/mol. The first-order chi connectivity index (χ1) is 9.10. The summed E-state index contributed by atoms with van der Waals surface area (Å²) in [5.74, 6) is -0.325. The van der Waals surface area contributed by atoms with Crippen molar-refractivity contribution in [2.24, 2.45) is 0 Å². The van der Waals surface area contributed by atoms with Gasteiger partial charge >= 0.3 is 0 Å². The number of hydrogen-bond donors (Lipinski definition) is 0. The van der Waals surface area contributed by atoms with E-state index in [1.54, 1.807) is 13.0 Å². The highest BCUT2D eigenvalue weighted by Gasteiger charge is 2.38. The number of carbonyl (C=O) groups is 2. The van der Waals surface area contributed by atoms with Crippen molar-refractivity contribution in [3.8, 4) is 5.88 Å². The molecule has 1 aromatic rings. The molecular formula is C13H15BrN2O3. The first kappa shape index (κ1) is 14.0. The Bertz CT molecular complexity index is 531. The van der Waals surface area contributed by atoms with E-state index in [2.05, 4.69) is 20.9 Å². The largest absolute Gasteiger partial charge is 0.480 e. The summed E-state index contributed by atoms with van der Waals surface area (Å²) in [6.45, 7) is 2.20. The van der Waals surface area contributed by atoms with Gasteiger partial charge in [0.15, 0.2) is 0 Å². The number of aryl methyl sites for hydroxylation is 1. The maximum absolute atomic E-state index is 12.3. The van der Waals surface area contributed by atoms with E-state index in [9.17, 15) is 9.59 Å². The van der Waals surface area contributed by atoms with Gasteiger partial charge in [-0.2, -0.15) is 0 Å². The average Bonchev–Trinajstić information content (AvgIpc) is 2.63. The fraction of sp³-hybridized carbons (Fsp3) is 0.462. The predicted octanol–water partition coefficient (Wildman–Crippen LogP) is 2.17. The van der Waals surface area contributed by atoms with Crippen LogP contribution in [0.5, 0.6) is 5.88 Å². The molecule has 0 aliphatic carbocycles. The molecule has 0 N–H and O–H groups in total. The van der Waals surface area contributed by atoms with Crippen molar-refractivity contribution in [3.05, 3.63) is 22.9 Å². The number of halogens is 1. The number of pyridine rings is 1. The third kappa shape index (κ3) is 2.49. The monoisotopic (exact) mass is 326 g/mol. The minimum atomic E-state index is -0.307. The lowest BCUT2D eigenvalue weighted by Crippen LogP contribution is -2.30. The summed E-state index contributed by atoms with van der Waals surface area (Å²) in [5, 5.41) is 0.861. The van der Waals surface area contributed by atoms with Crippen LogP contribution in [0.25, 0.3) is 0 Å². The summed E-state index contributed by atoms with van der Waals surface area (Å²) in [6.07, 6.45) is 1.70. The van der Waals surface area contributed by atoms with Gasteiger partial charge in [0, 0.05) is 17.6 Å². The number of imide groups is 1. The number of nitrogens with zero attached hydrogens (tertiary/aromatic N) is 2. The van der Waals surface area contributed by atoms with E-state index in [4.69, 9.17) is 4.74 Å². The van der Waals surface area contributed by atoms with E-state index in [1.807, 2.05) is 0 Å². The molecule has 1 aliphatic heterocycles. The second kappa shape index (κ2) is 5.69. The van der Waals surface area contributed by atoms with Gasteiger partial charge in [-0.25, -0.2) is 4.98 Å². The molecule has 0 bridgehead atoms. The van der Waals surface area contributed by atoms with Crippen LogP contribution in [0, 0.1) is 6.92 Å². The molecule has 102 valence electrons. The van der Waals surface area contributed by atoms with Crippen LogP contribution in [0.1, 0.15) is 39.3 Å². The third-order valence-electron chi connectivity index (χ3n) is 3.01. The van der Waals surface area contributed by atoms with Crippen LogP contribution in [0.3, 0.4) is 0 Å². The number of rotatable bonds is 5. The van der Waals surface area contributed by atoms with Gasteiger partial charge in [0.05, 0.1) is 12.7 Å². The Morgan fingerprint density at radius 1 is 1.32 bits per heavy atom. The minimum Gasteiger partial charge on any atom is -0.480 e. The summed E-state index contributed by atoms with van der Waals surface area (Å²) in [4.78, 5) is 29.9. The van der Waals surface area contributed by atoms with Gasteiger partial charge in [0.1, 0.15) is 5.56 Å². The molecule has 2 rings (SSSR count). The van der Waals surface area contributed by atoms with Crippen molar-refractivity contribution in [2.45, 2.75) is 19.8 Å². The summed E-state index contributed by atoms with van der Waals surface area (Å²) < 4.78 is 5.11. The second-order valence-corrected chi connectivity index (χ2v) is 5.15. The van der Waals surface area contributed by atoms with Crippen molar-refractivity contribution in [1.82, 2.24) is 9.88 Å². The van der Waals surface area contributed by atoms with Crippen molar-refractivity contribution < 1.29 is 14.3 Å². The first-order valence-electron chi connectivity index (χ1n) is 6.08. The van der Waals surface area contributed by atoms with Gasteiger partial charge in [-0.15, -0.1) is 0 Å². The Morgan fingerprint density at radius 2 is 2.05 bits per heavy atom. The van der Waals surface area contributed by atoms with Gasteiger partial charge in [-0.05, 0) is 25.8 Å². The molecule has 1 aliphatic rings. The first-order valence-corrected chi connectivity index (χ1v) is 7.20. The highest BCUT2D eigenvalue weighted by Crippen LogP contribution is 2.30. The van der Waals surface area contributed by atoms with E-state index >= 15 is 0 Å². The molecule has 5 nitrogen and oxygen atoms in total. The van der Waals surface area contributed by atoms with Crippen LogP contribution < -0.4 is 4.74 Å². The lowest BCUT2D eigenvalue weighted by Gasteiger charge is -2.12. The van der Waals surface area contributed by atoms with Crippen molar-refractivity contribution in [2.75, 3.05) is 19.0 Å². The number of aromatic nitrogens is 1. The average molecular weight is 327 g/mol. The highest BCUT2D eigenvalue weighted by atomic mass is 79.9. The standard InChI is InChI=1S/C13H15BrN2O3/c1-8-7-9-10(11(15-8)19-2)13(18)16(12(9)17)6-4-3-5-14/h7H,3-6H2,1-2H3. The smallest absolute Gasteiger partial charge is 0.267 e. The quantitative estimate of drug-likeness (QED) is 0.472. The molecule has 0 fully saturated rings. The van der Waals surface area contributed by atoms with E-state index < -0.39 is 0 Å². The number of alkyl halides is 1. The van der Waals surface area contributed by atoms with Gasteiger partial charge in [-0.3, -0.25) is 14.5 Å². The lowest BCUT2D eigenvalue weighted by atomic mass is 10.1. The molecule has 19 heavy (non-hydrogen) atoms. The minimum absolute atomic E-state index is 0.233. The molecule has 0 radical (unpaired) electrons. The van der Waals surface area contributed by atoms with Crippen molar-refractivity contribution in [3.63, 3.8) is 0 Å². The SMILES string of the molecule is COc1nc(C)cc2c1C(=O)N(CCCCBr)C2=O. The molecule has 0 aromatic carbocycles. The molecule has 2 heterocycles. The molecule has 6 heteroatoms. The molecule has 0 atom stereocenters. The van der Waals surface area contributed by atoms with Crippen molar-refractivity contribution >= 4 is 27.7 Å². The Kier molecular flexibility index (Phi) is 4.19. The van der Waals surface area contributed by atoms with E-state index in [-0.39, 0.29) is 23.3 Å². The lowest BCUT2D eigenvalue weighted by molar-refractivity contribution is 0.0651. The van der Waals surface area contributed by atoms with Crippen LogP contribution in [-0.4, -0.2) is 40.7 Å². The van der Waals surface area contributed by atoms with E-state index in [0.717, 1.165) is 18.2 Å². The van der Waals surface area contributed by atoms with Crippen LogP contribution in [0.4, 0.5) is 0 Å². The van der Waals surface area contributed by atoms with E-state index in [0.29, 0.717) is 17.8 Å². The fourth-order valence-electron chi connectivity index (χ4n) is 2.11. The maximum Gasteiger partial charge on any atom is 0.267 e. The Labute approximate surface area is 120 Å². The third-order valence-corrected chi connectivity index (χ3v) is 3.57. The maximum atomic E-state index is 12.3. The van der Waals surface area contributed by atoms with Gasteiger partial charge < -0.3 is 4.74 Å². The topological polar surface area (TPSA) is 59.5 Å². The van der Waals surface area contributed by atoms with E-state index in [1.165, 1.54) is 12.0 Å². The number of carbonyl (C=O) groups excluding carboxylic acids is 2. The number of methoxy groups -OCH3 is 1. The zero-order chi connectivity index (χ0) is 14.0. The molecule has 2 amide bonds. The molecule has 0 saturated heterocycles. The number of hydrogen-bond acceptors (Lipinski definition) is 4. The molecule has 0 unspecified atom stereocenters. The zero-order valence-corrected chi connectivity index (χ0v) is 12.5.